The molecule has 2 amide bonds. The molecule has 2 aromatic rings. The minimum Gasteiger partial charge on any atom is -0.484 e. The Morgan fingerprint density at radius 3 is 2.46 bits per heavy atom. The molecule has 2 rings (SSSR count). The lowest BCUT2D eigenvalue weighted by atomic mass is 10.1. The van der Waals surface area contributed by atoms with Gasteiger partial charge in [0.25, 0.3) is 5.91 Å². The molecule has 7 heteroatoms. The smallest absolute Gasteiger partial charge is 0.261 e. The van der Waals surface area contributed by atoms with Gasteiger partial charge in [0, 0.05) is 23.6 Å². The quantitative estimate of drug-likeness (QED) is 0.745. The lowest BCUT2D eigenvalue weighted by molar-refractivity contribution is -0.142. The van der Waals surface area contributed by atoms with Crippen LogP contribution in [0.3, 0.4) is 0 Å². The van der Waals surface area contributed by atoms with Crippen molar-refractivity contribution >= 4 is 27.7 Å². The van der Waals surface area contributed by atoms with Gasteiger partial charge in [0.05, 0.1) is 0 Å². The highest BCUT2D eigenvalue weighted by atomic mass is 79.9. The lowest BCUT2D eigenvalue weighted by Gasteiger charge is -2.28. The van der Waals surface area contributed by atoms with Crippen molar-refractivity contribution in [3.05, 3.63) is 64.4 Å². The summed E-state index contributed by atoms with van der Waals surface area (Å²) in [5.41, 5.74) is 0.334. The van der Waals surface area contributed by atoms with Crippen molar-refractivity contribution in [2.75, 3.05) is 13.7 Å². The van der Waals surface area contributed by atoms with Crippen LogP contribution in [0.4, 0.5) is 4.39 Å². The van der Waals surface area contributed by atoms with Gasteiger partial charge in [-0.3, -0.25) is 9.59 Å². The minimum atomic E-state index is -0.763. The van der Waals surface area contributed by atoms with Crippen LogP contribution in [0, 0.1) is 5.82 Å². The maximum Gasteiger partial charge on any atom is 0.261 e. The summed E-state index contributed by atoms with van der Waals surface area (Å²) in [7, 11) is 1.49. The van der Waals surface area contributed by atoms with E-state index in [0.29, 0.717) is 11.3 Å². The van der Waals surface area contributed by atoms with E-state index in [4.69, 9.17) is 4.74 Å². The van der Waals surface area contributed by atoms with Crippen molar-refractivity contribution in [3.63, 3.8) is 0 Å². The first-order valence-corrected chi connectivity index (χ1v) is 8.84. The van der Waals surface area contributed by atoms with Crippen LogP contribution in [0.25, 0.3) is 0 Å². The number of halogens is 2. The van der Waals surface area contributed by atoms with Gasteiger partial charge in [0.1, 0.15) is 17.6 Å². The van der Waals surface area contributed by atoms with E-state index in [2.05, 4.69) is 21.2 Å². The fraction of sp³-hybridized carbons (Fsp3) is 0.263. The molecule has 0 fully saturated rings. The third-order valence-corrected chi connectivity index (χ3v) is 4.42. The van der Waals surface area contributed by atoms with Crippen molar-refractivity contribution in [1.29, 1.82) is 0 Å². The summed E-state index contributed by atoms with van der Waals surface area (Å²) in [6, 6.07) is 12.4. The number of hydrogen-bond acceptors (Lipinski definition) is 3. The molecule has 0 aliphatic carbocycles. The van der Waals surface area contributed by atoms with Gasteiger partial charge in [-0.2, -0.15) is 0 Å². The van der Waals surface area contributed by atoms with E-state index in [1.165, 1.54) is 18.0 Å². The fourth-order valence-corrected chi connectivity index (χ4v) is 2.62. The Kier molecular flexibility index (Phi) is 7.15. The zero-order valence-corrected chi connectivity index (χ0v) is 16.1. The van der Waals surface area contributed by atoms with Crippen molar-refractivity contribution < 1.29 is 18.7 Å². The standard InChI is InChI=1S/C19H20BrFN2O3/c1-13(19(25)22-2)23(11-14-5-3-4-6-17(14)21)18(24)12-26-16-9-7-15(20)8-10-16/h3-10,13H,11-12H2,1-2H3,(H,22,25)/t13-/m1/s1. The van der Waals surface area contributed by atoms with E-state index in [-0.39, 0.29) is 19.1 Å². The van der Waals surface area contributed by atoms with Crippen molar-refractivity contribution in [1.82, 2.24) is 10.2 Å². The summed E-state index contributed by atoms with van der Waals surface area (Å²) in [6.07, 6.45) is 0. The van der Waals surface area contributed by atoms with Crippen molar-refractivity contribution in [2.24, 2.45) is 0 Å². The normalized spacial score (nSPS) is 11.5. The number of benzene rings is 2. The second-order valence-electron chi connectivity index (χ2n) is 5.65. The van der Waals surface area contributed by atoms with Gasteiger partial charge in [-0.25, -0.2) is 4.39 Å². The Balaban J connectivity index is 2.13. The number of amides is 2. The monoisotopic (exact) mass is 422 g/mol. The van der Waals surface area contributed by atoms with Crippen molar-refractivity contribution in [2.45, 2.75) is 19.5 Å². The Bertz CT molecular complexity index is 768. The molecule has 26 heavy (non-hydrogen) atoms. The molecule has 0 aliphatic heterocycles. The number of ether oxygens (including phenoxy) is 1. The second kappa shape index (κ2) is 9.33. The Labute approximate surface area is 160 Å². The molecule has 0 radical (unpaired) electrons. The summed E-state index contributed by atoms with van der Waals surface area (Å²) in [5, 5.41) is 2.51. The molecule has 0 unspecified atom stereocenters. The highest BCUT2D eigenvalue weighted by Gasteiger charge is 2.26. The first-order valence-electron chi connectivity index (χ1n) is 8.05. The molecular weight excluding hydrogens is 403 g/mol. The molecule has 2 aromatic carbocycles. The molecule has 0 aliphatic rings. The van der Waals surface area contributed by atoms with E-state index < -0.39 is 17.8 Å². The average Bonchev–Trinajstić information content (AvgIpc) is 2.65. The highest BCUT2D eigenvalue weighted by molar-refractivity contribution is 9.10. The molecule has 0 heterocycles. The molecule has 0 spiro atoms. The third kappa shape index (κ3) is 5.29. The van der Waals surface area contributed by atoms with E-state index in [0.717, 1.165) is 4.47 Å². The molecule has 0 bridgehead atoms. The summed E-state index contributed by atoms with van der Waals surface area (Å²) >= 11 is 3.32. The maximum atomic E-state index is 14.0. The lowest BCUT2D eigenvalue weighted by Crippen LogP contribution is -2.48. The second-order valence-corrected chi connectivity index (χ2v) is 6.56. The van der Waals surface area contributed by atoms with E-state index in [9.17, 15) is 14.0 Å². The first kappa shape index (κ1) is 19.9. The molecular formula is C19H20BrFN2O3. The van der Waals surface area contributed by atoms with Crippen LogP contribution in [0.1, 0.15) is 12.5 Å². The first-order chi connectivity index (χ1) is 12.4. The van der Waals surface area contributed by atoms with Crippen LogP contribution < -0.4 is 10.1 Å². The largest absolute Gasteiger partial charge is 0.484 e. The van der Waals surface area contributed by atoms with Gasteiger partial charge >= 0.3 is 0 Å². The fourth-order valence-electron chi connectivity index (χ4n) is 2.36. The van der Waals surface area contributed by atoms with Crippen LogP contribution in [-0.4, -0.2) is 36.4 Å². The van der Waals surface area contributed by atoms with Crippen LogP contribution in [0.15, 0.2) is 53.0 Å². The average molecular weight is 423 g/mol. The summed E-state index contributed by atoms with van der Waals surface area (Å²) in [6.45, 7) is 1.32. The van der Waals surface area contributed by atoms with E-state index >= 15 is 0 Å². The number of nitrogens with zero attached hydrogens (tertiary/aromatic N) is 1. The predicted octanol–water partition coefficient (Wildman–Crippen LogP) is 3.13. The Morgan fingerprint density at radius 2 is 1.85 bits per heavy atom. The topological polar surface area (TPSA) is 58.6 Å². The van der Waals surface area contributed by atoms with Gasteiger partial charge in [-0.05, 0) is 37.3 Å². The molecule has 5 nitrogen and oxygen atoms in total. The Hall–Kier alpha value is -2.41. The minimum absolute atomic E-state index is 0.0240. The van der Waals surface area contributed by atoms with E-state index in [1.807, 2.05) is 0 Å². The molecule has 0 saturated carbocycles. The molecule has 138 valence electrons. The number of rotatable bonds is 7. The predicted molar refractivity (Wildman–Crippen MR) is 100 cm³/mol. The van der Waals surface area contributed by atoms with Gasteiger partial charge in [0.15, 0.2) is 6.61 Å². The zero-order valence-electron chi connectivity index (χ0n) is 14.5. The number of likely N-dealkylation sites (N-methyl/N-ethyl adjacent to an activating group) is 1. The molecule has 1 N–H and O–H groups in total. The number of carbonyl (C=O) groups excluding carboxylic acids is 2. The van der Waals surface area contributed by atoms with Crippen LogP contribution in [0.2, 0.25) is 0 Å². The maximum absolute atomic E-state index is 14.0. The summed E-state index contributed by atoms with van der Waals surface area (Å²) in [5.74, 6) is -0.645. The number of carbonyl (C=O) groups is 2. The molecule has 1 atom stereocenters. The van der Waals surface area contributed by atoms with Gasteiger partial charge in [0.2, 0.25) is 5.91 Å². The molecule has 0 aromatic heterocycles. The summed E-state index contributed by atoms with van der Waals surface area (Å²) < 4.78 is 20.4. The third-order valence-electron chi connectivity index (χ3n) is 3.89. The zero-order chi connectivity index (χ0) is 19.1. The number of hydrogen-bond donors (Lipinski definition) is 1. The SMILES string of the molecule is CNC(=O)[C@@H](C)N(Cc1ccccc1F)C(=O)COc1ccc(Br)cc1. The van der Waals surface area contributed by atoms with Gasteiger partial charge in [-0.15, -0.1) is 0 Å². The van der Waals surface area contributed by atoms with Gasteiger partial charge < -0.3 is 15.0 Å². The van der Waals surface area contributed by atoms with E-state index in [1.54, 1.807) is 49.4 Å². The Morgan fingerprint density at radius 1 is 1.19 bits per heavy atom. The van der Waals surface area contributed by atoms with Gasteiger partial charge in [-0.1, -0.05) is 34.1 Å². The summed E-state index contributed by atoms with van der Waals surface area (Å²) in [4.78, 5) is 26.0. The molecule has 0 saturated heterocycles. The van der Waals surface area contributed by atoms with Crippen LogP contribution in [0.5, 0.6) is 5.75 Å². The van der Waals surface area contributed by atoms with Crippen LogP contribution >= 0.6 is 15.9 Å². The number of nitrogens with one attached hydrogen (secondary N) is 1. The van der Waals surface area contributed by atoms with Crippen molar-refractivity contribution in [3.8, 4) is 5.75 Å². The highest BCUT2D eigenvalue weighted by Crippen LogP contribution is 2.17. The van der Waals surface area contributed by atoms with Crippen LogP contribution in [-0.2, 0) is 16.1 Å².